The highest BCUT2D eigenvalue weighted by molar-refractivity contribution is 5.94. The van der Waals surface area contributed by atoms with Gasteiger partial charge in [0, 0.05) is 56.2 Å². The number of aryl methyl sites for hydroxylation is 2. The fourth-order valence-corrected chi connectivity index (χ4v) is 6.71. The molecule has 13 heteroatoms. The first-order chi connectivity index (χ1) is 23.0. The molecule has 1 saturated heterocycles. The number of nitrogens with one attached hydrogen (secondary N) is 2. The summed E-state index contributed by atoms with van der Waals surface area (Å²) < 4.78 is 34.2. The van der Waals surface area contributed by atoms with Crippen LogP contribution in [-0.4, -0.2) is 62.3 Å². The van der Waals surface area contributed by atoms with Crippen molar-refractivity contribution in [2.24, 2.45) is 0 Å². The second-order valence-electron chi connectivity index (χ2n) is 12.9. The van der Waals surface area contributed by atoms with Crippen LogP contribution in [-0.2, 0) is 13.0 Å². The smallest absolute Gasteiger partial charge is 0.341 e. The number of H-pyrrole nitrogens is 1. The first-order valence-corrected chi connectivity index (χ1v) is 16.5. The number of aromatic carboxylic acids is 1. The molecule has 0 bridgehead atoms. The maximum Gasteiger partial charge on any atom is 0.341 e. The van der Waals surface area contributed by atoms with Gasteiger partial charge in [-0.15, -0.1) is 0 Å². The fraction of sp³-hybridized carbons (Fsp3) is 0.429. The van der Waals surface area contributed by atoms with E-state index in [1.54, 1.807) is 4.90 Å². The van der Waals surface area contributed by atoms with Gasteiger partial charge in [-0.3, -0.25) is 24.0 Å². The van der Waals surface area contributed by atoms with Gasteiger partial charge in [0.25, 0.3) is 5.56 Å². The van der Waals surface area contributed by atoms with Crippen LogP contribution in [0.1, 0.15) is 67.1 Å². The third-order valence-electron chi connectivity index (χ3n) is 9.54. The molecule has 0 radical (unpaired) electrons. The standard InChI is InChI=1S/C35H40F2N6O5/c1-4-22-15-23(8-7-20(22)2)38-28-17-29(44)42(35(48)39-28)12-6-5-11-40-13-14-41(18-21(40)3)32-27(36)16-25-31(30(32)37)43(24-9-10-24)19-26(33(25)45)34(46)47/h7-8,15-17,19,21,24,38H,4-6,9-14,18H2,1-3H3,(H,39,48)(H,46,47)/t21-/m0/s1. The molecule has 2 aliphatic rings. The molecule has 0 unspecified atom stereocenters. The molecular formula is C35H40F2N6O5. The molecule has 6 rings (SSSR count). The Morgan fingerprint density at radius 3 is 2.48 bits per heavy atom. The number of benzene rings is 2. The number of aromatic amines is 1. The number of unbranched alkanes of at least 4 members (excludes halogenated alkanes) is 1. The van der Waals surface area contributed by atoms with Crippen molar-refractivity contribution in [2.75, 3.05) is 36.4 Å². The maximum atomic E-state index is 16.1. The summed E-state index contributed by atoms with van der Waals surface area (Å²) >= 11 is 0. The predicted octanol–water partition coefficient (Wildman–Crippen LogP) is 4.77. The van der Waals surface area contributed by atoms with E-state index in [0.717, 1.165) is 31.0 Å². The topological polar surface area (TPSA) is 133 Å². The average Bonchev–Trinajstić information content (AvgIpc) is 3.88. The van der Waals surface area contributed by atoms with Crippen LogP contribution in [0.5, 0.6) is 0 Å². The molecule has 48 heavy (non-hydrogen) atoms. The van der Waals surface area contributed by atoms with Gasteiger partial charge in [0.1, 0.15) is 22.9 Å². The lowest BCUT2D eigenvalue weighted by Crippen LogP contribution is -2.52. The monoisotopic (exact) mass is 662 g/mol. The lowest BCUT2D eigenvalue weighted by atomic mass is 10.1. The molecule has 2 fully saturated rings. The van der Waals surface area contributed by atoms with E-state index in [-0.39, 0.29) is 35.2 Å². The molecule has 0 spiro atoms. The van der Waals surface area contributed by atoms with Crippen molar-refractivity contribution in [2.45, 2.75) is 71.5 Å². The summed E-state index contributed by atoms with van der Waals surface area (Å²) in [5.41, 5.74) is 0.589. The predicted molar refractivity (Wildman–Crippen MR) is 181 cm³/mol. The molecular weight excluding hydrogens is 622 g/mol. The van der Waals surface area contributed by atoms with Crippen molar-refractivity contribution in [1.82, 2.24) is 19.0 Å². The maximum absolute atomic E-state index is 16.1. The second kappa shape index (κ2) is 13.4. The Hall–Kier alpha value is -4.78. The molecule has 254 valence electrons. The van der Waals surface area contributed by atoms with Crippen LogP contribution in [0.4, 0.5) is 26.0 Å². The van der Waals surface area contributed by atoms with Crippen LogP contribution in [0, 0.1) is 18.6 Å². The summed E-state index contributed by atoms with van der Waals surface area (Å²) in [6, 6.07) is 8.06. The lowest BCUT2D eigenvalue weighted by molar-refractivity contribution is 0.0694. The number of carbonyl (C=O) groups is 1. The highest BCUT2D eigenvalue weighted by Crippen LogP contribution is 2.40. The first-order valence-electron chi connectivity index (χ1n) is 16.5. The molecule has 1 aliphatic carbocycles. The summed E-state index contributed by atoms with van der Waals surface area (Å²) in [4.78, 5) is 56.6. The number of piperazine rings is 1. The van der Waals surface area contributed by atoms with Crippen molar-refractivity contribution in [3.8, 4) is 0 Å². The summed E-state index contributed by atoms with van der Waals surface area (Å²) in [5.74, 6) is -2.85. The molecule has 4 aromatic rings. The van der Waals surface area contributed by atoms with Gasteiger partial charge in [0.2, 0.25) is 5.43 Å². The van der Waals surface area contributed by atoms with Gasteiger partial charge in [-0.25, -0.2) is 18.4 Å². The first kappa shape index (κ1) is 33.1. The van der Waals surface area contributed by atoms with E-state index in [4.69, 9.17) is 0 Å². The van der Waals surface area contributed by atoms with Crippen molar-refractivity contribution in [3.05, 3.63) is 95.9 Å². The van der Waals surface area contributed by atoms with Gasteiger partial charge in [0.05, 0.1) is 10.9 Å². The Kier molecular flexibility index (Phi) is 9.24. The minimum absolute atomic E-state index is 0.0558. The van der Waals surface area contributed by atoms with Gasteiger partial charge in [-0.2, -0.15) is 0 Å². The van der Waals surface area contributed by atoms with Crippen LogP contribution < -0.4 is 26.9 Å². The van der Waals surface area contributed by atoms with Gasteiger partial charge in [0.15, 0.2) is 5.82 Å². The number of hydrogen-bond acceptors (Lipinski definition) is 7. The van der Waals surface area contributed by atoms with Gasteiger partial charge in [-0.1, -0.05) is 13.0 Å². The van der Waals surface area contributed by atoms with Crippen LogP contribution in [0.2, 0.25) is 0 Å². The van der Waals surface area contributed by atoms with Crippen LogP contribution in [0.25, 0.3) is 10.9 Å². The quantitative estimate of drug-likeness (QED) is 0.196. The number of aromatic nitrogens is 3. The van der Waals surface area contributed by atoms with Crippen molar-refractivity contribution < 1.29 is 18.7 Å². The zero-order valence-corrected chi connectivity index (χ0v) is 27.3. The number of carboxylic acids is 1. The number of rotatable bonds is 11. The number of nitrogens with zero attached hydrogens (tertiary/aromatic N) is 4. The van der Waals surface area contributed by atoms with Crippen LogP contribution in [0.3, 0.4) is 0 Å². The number of carboxylic acid groups (broad SMARTS) is 1. The largest absolute Gasteiger partial charge is 0.477 e. The van der Waals surface area contributed by atoms with Crippen molar-refractivity contribution in [1.29, 1.82) is 0 Å². The van der Waals surface area contributed by atoms with E-state index in [2.05, 4.69) is 22.1 Å². The third kappa shape index (κ3) is 6.51. The molecule has 0 amide bonds. The summed E-state index contributed by atoms with van der Waals surface area (Å²) in [6.07, 6.45) is 4.79. The van der Waals surface area contributed by atoms with E-state index in [0.29, 0.717) is 44.8 Å². The summed E-state index contributed by atoms with van der Waals surface area (Å²) in [7, 11) is 0. The molecule has 1 aliphatic heterocycles. The molecule has 1 saturated carbocycles. The average molecular weight is 663 g/mol. The summed E-state index contributed by atoms with van der Waals surface area (Å²) in [5, 5.41) is 12.3. The van der Waals surface area contributed by atoms with E-state index in [1.807, 2.05) is 32.0 Å². The van der Waals surface area contributed by atoms with Crippen molar-refractivity contribution in [3.63, 3.8) is 0 Å². The second-order valence-corrected chi connectivity index (χ2v) is 12.9. The Balaban J connectivity index is 1.08. The molecule has 11 nitrogen and oxygen atoms in total. The number of pyridine rings is 1. The van der Waals surface area contributed by atoms with Crippen LogP contribution >= 0.6 is 0 Å². The van der Waals surface area contributed by atoms with E-state index < -0.39 is 39.8 Å². The highest BCUT2D eigenvalue weighted by Gasteiger charge is 2.33. The zero-order chi connectivity index (χ0) is 34.3. The Labute approximate surface area is 275 Å². The minimum Gasteiger partial charge on any atom is -0.477 e. The Morgan fingerprint density at radius 2 is 1.81 bits per heavy atom. The van der Waals surface area contributed by atoms with Gasteiger partial charge < -0.3 is 19.9 Å². The zero-order valence-electron chi connectivity index (χ0n) is 27.3. The third-order valence-corrected chi connectivity index (χ3v) is 9.54. The molecule has 2 aromatic heterocycles. The SMILES string of the molecule is CCc1cc(Nc2cc(=O)n(CCCCN3CCN(c4c(F)cc5c(=O)c(C(=O)O)cn(C6CC6)c5c4F)C[C@@H]3C)c(=O)[nH]2)ccc1C. The summed E-state index contributed by atoms with van der Waals surface area (Å²) in [6.45, 7) is 8.24. The fourth-order valence-electron chi connectivity index (χ4n) is 6.71. The normalized spacial score (nSPS) is 16.9. The Morgan fingerprint density at radius 1 is 1.06 bits per heavy atom. The number of anilines is 3. The number of hydrogen-bond donors (Lipinski definition) is 3. The molecule has 3 heterocycles. The van der Waals surface area contributed by atoms with E-state index in [9.17, 15) is 24.3 Å². The van der Waals surface area contributed by atoms with Crippen molar-refractivity contribution >= 4 is 34.1 Å². The minimum atomic E-state index is -1.43. The molecule has 1 atom stereocenters. The molecule has 3 N–H and O–H groups in total. The number of fused-ring (bicyclic) bond motifs is 1. The van der Waals surface area contributed by atoms with E-state index in [1.165, 1.54) is 32.5 Å². The van der Waals surface area contributed by atoms with Gasteiger partial charge in [-0.05, 0) is 81.8 Å². The Bertz CT molecular complexity index is 2040. The highest BCUT2D eigenvalue weighted by atomic mass is 19.1. The van der Waals surface area contributed by atoms with Crippen LogP contribution in [0.15, 0.2) is 50.9 Å². The lowest BCUT2D eigenvalue weighted by Gasteiger charge is -2.41. The van der Waals surface area contributed by atoms with Gasteiger partial charge >= 0.3 is 11.7 Å². The van der Waals surface area contributed by atoms with E-state index >= 15 is 8.78 Å². The number of halogens is 2. The molecule has 2 aromatic carbocycles.